The molecule has 0 spiro atoms. The van der Waals surface area contributed by atoms with Crippen LogP contribution in [0.15, 0.2) is 41.8 Å². The maximum Gasteiger partial charge on any atom is 0.233 e. The molecule has 162 valence electrons. The van der Waals surface area contributed by atoms with Crippen molar-refractivity contribution in [1.82, 2.24) is 19.7 Å². The molecule has 0 radical (unpaired) electrons. The summed E-state index contributed by atoms with van der Waals surface area (Å²) < 4.78 is 12.7. The Labute approximate surface area is 186 Å². The molecule has 4 rings (SSSR count). The van der Waals surface area contributed by atoms with E-state index in [-0.39, 0.29) is 5.91 Å². The van der Waals surface area contributed by atoms with Gasteiger partial charge in [0.2, 0.25) is 5.91 Å². The van der Waals surface area contributed by atoms with Crippen LogP contribution in [0.4, 0.5) is 0 Å². The quantitative estimate of drug-likeness (QED) is 0.548. The van der Waals surface area contributed by atoms with E-state index in [1.165, 1.54) is 28.5 Å². The van der Waals surface area contributed by atoms with E-state index >= 15 is 0 Å². The van der Waals surface area contributed by atoms with Crippen molar-refractivity contribution in [2.24, 2.45) is 0 Å². The van der Waals surface area contributed by atoms with Gasteiger partial charge in [0, 0.05) is 18.8 Å². The maximum absolute atomic E-state index is 12.9. The highest BCUT2D eigenvalue weighted by atomic mass is 32.2. The minimum atomic E-state index is 0.0834. The number of carbonyl (C=O) groups excluding carboxylic acids is 1. The first-order chi connectivity index (χ1) is 15.0. The van der Waals surface area contributed by atoms with E-state index in [1.54, 1.807) is 20.5 Å². The Morgan fingerprint density at radius 2 is 1.81 bits per heavy atom. The molecule has 3 aromatic rings. The van der Waals surface area contributed by atoms with Crippen LogP contribution in [0.1, 0.15) is 22.3 Å². The third-order valence-electron chi connectivity index (χ3n) is 5.68. The van der Waals surface area contributed by atoms with Crippen molar-refractivity contribution in [2.75, 3.05) is 26.5 Å². The van der Waals surface area contributed by atoms with Crippen molar-refractivity contribution in [3.8, 4) is 17.2 Å². The number of hydrogen-bond acceptors (Lipinski definition) is 6. The second-order valence-corrected chi connectivity index (χ2v) is 8.52. The largest absolute Gasteiger partial charge is 0.493 e. The van der Waals surface area contributed by atoms with E-state index in [2.05, 4.69) is 36.2 Å². The maximum atomic E-state index is 12.9. The third-order valence-corrected chi connectivity index (χ3v) is 6.61. The second kappa shape index (κ2) is 9.01. The highest BCUT2D eigenvalue weighted by molar-refractivity contribution is 7.99. The van der Waals surface area contributed by atoms with E-state index in [0.29, 0.717) is 29.7 Å². The molecule has 1 aliphatic heterocycles. The number of rotatable bonds is 6. The van der Waals surface area contributed by atoms with E-state index in [0.717, 1.165) is 23.4 Å². The highest BCUT2D eigenvalue weighted by Gasteiger charge is 2.23. The molecule has 2 heterocycles. The normalized spacial score (nSPS) is 13.1. The summed E-state index contributed by atoms with van der Waals surface area (Å²) in [6.07, 6.45) is 2.48. The monoisotopic (exact) mass is 438 g/mol. The Bertz CT molecular complexity index is 1110. The molecular formula is C23H26N4O3S. The first-order valence-electron chi connectivity index (χ1n) is 10.1. The molecule has 0 unspecified atom stereocenters. The van der Waals surface area contributed by atoms with Crippen molar-refractivity contribution < 1.29 is 14.3 Å². The van der Waals surface area contributed by atoms with E-state index in [9.17, 15) is 4.79 Å². The standard InChI is InChI=1S/C23H26N4O3S/c1-15-5-6-19(9-16(15)2)27-14-24-25-23(27)31-13-22(28)26-8-7-17-10-20(29-3)21(30-4)11-18(17)12-26/h5-6,9-11,14H,7-8,12-13H2,1-4H3. The lowest BCUT2D eigenvalue weighted by molar-refractivity contribution is -0.129. The fraction of sp³-hybridized carbons (Fsp3) is 0.348. The molecule has 2 aromatic carbocycles. The summed E-state index contributed by atoms with van der Waals surface area (Å²) in [4.78, 5) is 14.8. The van der Waals surface area contributed by atoms with Gasteiger partial charge in [-0.25, -0.2) is 0 Å². The van der Waals surface area contributed by atoms with Crippen LogP contribution in [0.2, 0.25) is 0 Å². The van der Waals surface area contributed by atoms with Gasteiger partial charge in [-0.3, -0.25) is 9.36 Å². The number of benzene rings is 2. The molecule has 0 bridgehead atoms. The van der Waals surface area contributed by atoms with Crippen LogP contribution in [0.5, 0.6) is 11.5 Å². The molecule has 0 atom stereocenters. The zero-order chi connectivity index (χ0) is 22.0. The summed E-state index contributed by atoms with van der Waals surface area (Å²) >= 11 is 1.41. The topological polar surface area (TPSA) is 69.5 Å². The van der Waals surface area contributed by atoms with Crippen LogP contribution in [0.25, 0.3) is 5.69 Å². The number of aryl methyl sites for hydroxylation is 2. The van der Waals surface area contributed by atoms with Crippen LogP contribution in [-0.4, -0.2) is 52.1 Å². The van der Waals surface area contributed by atoms with Crippen LogP contribution < -0.4 is 9.47 Å². The molecule has 7 nitrogen and oxygen atoms in total. The molecule has 31 heavy (non-hydrogen) atoms. The van der Waals surface area contributed by atoms with Crippen LogP contribution >= 0.6 is 11.8 Å². The number of carbonyl (C=O) groups is 1. The number of aromatic nitrogens is 3. The SMILES string of the molecule is COc1cc2c(cc1OC)CN(C(=O)CSc1nncn1-c1ccc(C)c(C)c1)CC2. The number of fused-ring (bicyclic) bond motifs is 1. The summed E-state index contributed by atoms with van der Waals surface area (Å²) in [7, 11) is 3.26. The molecule has 0 saturated heterocycles. The Hall–Kier alpha value is -3.00. The third kappa shape index (κ3) is 4.39. The Kier molecular flexibility index (Phi) is 6.18. The van der Waals surface area contributed by atoms with E-state index in [1.807, 2.05) is 27.7 Å². The molecular weight excluding hydrogens is 412 g/mol. The molecule has 1 amide bonds. The van der Waals surface area contributed by atoms with Gasteiger partial charge >= 0.3 is 0 Å². The number of methoxy groups -OCH3 is 2. The van der Waals surface area contributed by atoms with Gasteiger partial charge in [0.15, 0.2) is 16.7 Å². The van der Waals surface area contributed by atoms with Crippen molar-refractivity contribution in [3.05, 3.63) is 58.9 Å². The number of ether oxygens (including phenoxy) is 2. The van der Waals surface area contributed by atoms with Crippen LogP contribution in [0.3, 0.4) is 0 Å². The highest BCUT2D eigenvalue weighted by Crippen LogP contribution is 2.33. The van der Waals surface area contributed by atoms with Crippen molar-refractivity contribution in [1.29, 1.82) is 0 Å². The fourth-order valence-corrected chi connectivity index (χ4v) is 4.52. The lowest BCUT2D eigenvalue weighted by Gasteiger charge is -2.29. The average Bonchev–Trinajstić information content (AvgIpc) is 3.26. The van der Waals surface area contributed by atoms with Gasteiger partial charge in [0.1, 0.15) is 6.33 Å². The Morgan fingerprint density at radius 3 is 2.52 bits per heavy atom. The fourth-order valence-electron chi connectivity index (χ4n) is 3.69. The lowest BCUT2D eigenvalue weighted by Crippen LogP contribution is -2.37. The molecule has 0 N–H and O–H groups in total. The summed E-state index contributed by atoms with van der Waals surface area (Å²) in [6, 6.07) is 10.2. The van der Waals surface area contributed by atoms with Crippen molar-refractivity contribution in [2.45, 2.75) is 32.0 Å². The Morgan fingerprint density at radius 1 is 1.06 bits per heavy atom. The molecule has 0 aliphatic carbocycles. The smallest absolute Gasteiger partial charge is 0.233 e. The second-order valence-electron chi connectivity index (χ2n) is 7.58. The van der Waals surface area contributed by atoms with Gasteiger partial charge in [0.05, 0.1) is 20.0 Å². The van der Waals surface area contributed by atoms with Gasteiger partial charge in [0.25, 0.3) is 0 Å². The first-order valence-corrected chi connectivity index (χ1v) is 11.1. The number of nitrogens with zero attached hydrogens (tertiary/aromatic N) is 4. The minimum Gasteiger partial charge on any atom is -0.493 e. The predicted octanol–water partition coefficient (Wildman–Crippen LogP) is 3.58. The molecule has 0 saturated carbocycles. The number of hydrogen-bond donors (Lipinski definition) is 0. The number of thioether (sulfide) groups is 1. The molecule has 0 fully saturated rings. The minimum absolute atomic E-state index is 0.0834. The van der Waals surface area contributed by atoms with Gasteiger partial charge < -0.3 is 14.4 Å². The predicted molar refractivity (Wildman–Crippen MR) is 120 cm³/mol. The van der Waals surface area contributed by atoms with Crippen molar-refractivity contribution in [3.63, 3.8) is 0 Å². The van der Waals surface area contributed by atoms with Gasteiger partial charge in [-0.05, 0) is 66.8 Å². The zero-order valence-corrected chi connectivity index (χ0v) is 19.0. The summed E-state index contributed by atoms with van der Waals surface area (Å²) in [5.41, 5.74) is 5.73. The van der Waals surface area contributed by atoms with Crippen LogP contribution in [0, 0.1) is 13.8 Å². The van der Waals surface area contributed by atoms with Gasteiger partial charge in [-0.15, -0.1) is 10.2 Å². The van der Waals surface area contributed by atoms with Crippen molar-refractivity contribution >= 4 is 17.7 Å². The summed E-state index contributed by atoms with van der Waals surface area (Å²) in [6.45, 7) is 5.42. The Balaban J connectivity index is 1.44. The molecule has 1 aromatic heterocycles. The molecule has 8 heteroatoms. The average molecular weight is 439 g/mol. The van der Waals surface area contributed by atoms with Gasteiger partial charge in [-0.1, -0.05) is 17.8 Å². The van der Waals surface area contributed by atoms with E-state index in [4.69, 9.17) is 9.47 Å². The molecule has 1 aliphatic rings. The van der Waals surface area contributed by atoms with Crippen LogP contribution in [-0.2, 0) is 17.8 Å². The summed E-state index contributed by atoms with van der Waals surface area (Å²) in [5, 5.41) is 8.97. The summed E-state index contributed by atoms with van der Waals surface area (Å²) in [5.74, 6) is 1.81. The van der Waals surface area contributed by atoms with E-state index < -0.39 is 0 Å². The lowest BCUT2D eigenvalue weighted by atomic mass is 9.99. The number of amides is 1. The first kappa shape index (κ1) is 21.2. The van der Waals surface area contributed by atoms with Gasteiger partial charge in [-0.2, -0.15) is 0 Å². The zero-order valence-electron chi connectivity index (χ0n) is 18.2.